The average molecular weight is 253 g/mol. The maximum Gasteiger partial charge on any atom is 0.163 e. The third-order valence-corrected chi connectivity index (χ3v) is 2.71. The molecule has 0 saturated carbocycles. The largest absolute Gasteiger partial charge is 0.486 e. The number of nitrogens with one attached hydrogen (secondary N) is 1. The van der Waals surface area contributed by atoms with Crippen molar-refractivity contribution < 1.29 is 9.47 Å². The Bertz CT molecular complexity index is 649. The van der Waals surface area contributed by atoms with Crippen molar-refractivity contribution in [3.05, 3.63) is 42.2 Å². The monoisotopic (exact) mass is 253 g/mol. The summed E-state index contributed by atoms with van der Waals surface area (Å²) >= 11 is 0. The third-order valence-electron chi connectivity index (χ3n) is 2.71. The lowest BCUT2D eigenvalue weighted by molar-refractivity contribution is 0.171. The molecule has 19 heavy (non-hydrogen) atoms. The summed E-state index contributed by atoms with van der Waals surface area (Å²) in [4.78, 5) is 3.92. The van der Waals surface area contributed by atoms with E-state index in [0.29, 0.717) is 18.9 Å². The molecule has 1 aliphatic heterocycles. The van der Waals surface area contributed by atoms with Crippen molar-refractivity contribution in [1.29, 1.82) is 5.26 Å². The number of benzene rings is 1. The van der Waals surface area contributed by atoms with Crippen molar-refractivity contribution in [2.45, 2.75) is 0 Å². The number of fused-ring (bicyclic) bond motifs is 1. The Morgan fingerprint density at radius 2 is 1.84 bits per heavy atom. The van der Waals surface area contributed by atoms with E-state index in [1.165, 1.54) is 0 Å². The molecule has 0 fully saturated rings. The summed E-state index contributed by atoms with van der Waals surface area (Å²) in [6.45, 7) is 1.14. The molecule has 94 valence electrons. The third kappa shape index (κ3) is 2.43. The van der Waals surface area contributed by atoms with E-state index in [-0.39, 0.29) is 0 Å². The first-order chi connectivity index (χ1) is 9.35. The molecule has 2 aromatic rings. The molecule has 0 saturated heterocycles. The fourth-order valence-electron chi connectivity index (χ4n) is 1.86. The summed E-state index contributed by atoms with van der Waals surface area (Å²) in [5.74, 6) is 1.48. The minimum absolute atomic E-state index is 0.377. The van der Waals surface area contributed by atoms with Gasteiger partial charge in [-0.3, -0.25) is 0 Å². The lowest BCUT2D eigenvalue weighted by Gasteiger charge is -2.19. The van der Waals surface area contributed by atoms with E-state index in [0.717, 1.165) is 22.9 Å². The lowest BCUT2D eigenvalue weighted by atomic mass is 10.2. The molecule has 1 aromatic carbocycles. The van der Waals surface area contributed by atoms with E-state index in [2.05, 4.69) is 10.3 Å². The average Bonchev–Trinajstić information content (AvgIpc) is 2.47. The van der Waals surface area contributed by atoms with Crippen LogP contribution in [0.15, 0.2) is 36.5 Å². The molecule has 1 aliphatic rings. The predicted octanol–water partition coefficient (Wildman–Crippen LogP) is 2.47. The maximum atomic E-state index is 8.81. The van der Waals surface area contributed by atoms with E-state index < -0.39 is 0 Å². The van der Waals surface area contributed by atoms with Crippen molar-refractivity contribution in [1.82, 2.24) is 4.98 Å². The van der Waals surface area contributed by atoms with Crippen molar-refractivity contribution in [3.8, 4) is 17.6 Å². The molecule has 2 heterocycles. The van der Waals surface area contributed by atoms with Crippen molar-refractivity contribution in [2.24, 2.45) is 0 Å². The Morgan fingerprint density at radius 1 is 1.05 bits per heavy atom. The van der Waals surface area contributed by atoms with Gasteiger partial charge in [-0.05, 0) is 24.3 Å². The zero-order valence-electron chi connectivity index (χ0n) is 10.1. The van der Waals surface area contributed by atoms with E-state index >= 15 is 0 Å². The van der Waals surface area contributed by atoms with Crippen LogP contribution >= 0.6 is 0 Å². The van der Waals surface area contributed by atoms with Crippen LogP contribution in [0.1, 0.15) is 5.69 Å². The normalized spacial score (nSPS) is 12.6. The molecule has 0 radical (unpaired) electrons. The molecule has 5 nitrogen and oxygen atoms in total. The van der Waals surface area contributed by atoms with Gasteiger partial charge < -0.3 is 14.8 Å². The van der Waals surface area contributed by atoms with Gasteiger partial charge in [0.05, 0.1) is 0 Å². The highest BCUT2D eigenvalue weighted by Crippen LogP contribution is 2.33. The summed E-state index contributed by atoms with van der Waals surface area (Å²) in [7, 11) is 0. The second-order valence-electron chi connectivity index (χ2n) is 4.02. The molecule has 0 unspecified atom stereocenters. The number of nitrogens with zero attached hydrogens (tertiary/aromatic N) is 2. The molecule has 0 aliphatic carbocycles. The van der Waals surface area contributed by atoms with Gasteiger partial charge >= 0.3 is 0 Å². The second kappa shape index (κ2) is 4.86. The lowest BCUT2D eigenvalue weighted by Crippen LogP contribution is -2.15. The van der Waals surface area contributed by atoms with Crippen LogP contribution in [-0.4, -0.2) is 18.2 Å². The van der Waals surface area contributed by atoms with E-state index in [1.807, 2.05) is 24.3 Å². The number of nitriles is 1. The van der Waals surface area contributed by atoms with Crippen molar-refractivity contribution >= 4 is 11.4 Å². The summed E-state index contributed by atoms with van der Waals surface area (Å²) in [6, 6.07) is 11.1. The van der Waals surface area contributed by atoms with Crippen LogP contribution in [0.25, 0.3) is 0 Å². The fourth-order valence-corrected chi connectivity index (χ4v) is 1.86. The van der Waals surface area contributed by atoms with Crippen LogP contribution in [0, 0.1) is 11.3 Å². The quantitative estimate of drug-likeness (QED) is 0.890. The number of pyridine rings is 1. The highest BCUT2D eigenvalue weighted by Gasteiger charge is 2.11. The van der Waals surface area contributed by atoms with Crippen molar-refractivity contribution in [3.63, 3.8) is 0 Å². The summed E-state index contributed by atoms with van der Waals surface area (Å²) in [6.07, 6.45) is 1.60. The van der Waals surface area contributed by atoms with Gasteiger partial charge in [0.2, 0.25) is 0 Å². The molecule has 0 spiro atoms. The number of anilines is 2. The molecule has 5 heteroatoms. The molecular formula is C14H11N3O2. The van der Waals surface area contributed by atoms with E-state index in [4.69, 9.17) is 14.7 Å². The smallest absolute Gasteiger partial charge is 0.163 e. The van der Waals surface area contributed by atoms with Crippen LogP contribution in [-0.2, 0) is 0 Å². The Hall–Kier alpha value is -2.74. The van der Waals surface area contributed by atoms with Crippen LogP contribution in [0.2, 0.25) is 0 Å². The first-order valence-corrected chi connectivity index (χ1v) is 5.88. The minimum atomic E-state index is 0.377. The Labute approximate surface area is 110 Å². The maximum absolute atomic E-state index is 8.81. The van der Waals surface area contributed by atoms with Gasteiger partial charge in [0, 0.05) is 23.6 Å². The molecule has 0 bridgehead atoms. The van der Waals surface area contributed by atoms with Gasteiger partial charge in [0.1, 0.15) is 25.0 Å². The Morgan fingerprint density at radius 3 is 2.68 bits per heavy atom. The zero-order valence-corrected chi connectivity index (χ0v) is 10.1. The fraction of sp³-hybridized carbons (Fsp3) is 0.143. The van der Waals surface area contributed by atoms with Gasteiger partial charge in [0.15, 0.2) is 11.5 Å². The second-order valence-corrected chi connectivity index (χ2v) is 4.02. The van der Waals surface area contributed by atoms with Gasteiger partial charge in [-0.1, -0.05) is 0 Å². The number of rotatable bonds is 2. The molecule has 0 atom stereocenters. The topological polar surface area (TPSA) is 67.2 Å². The van der Waals surface area contributed by atoms with Crippen LogP contribution in [0.4, 0.5) is 11.4 Å². The summed E-state index contributed by atoms with van der Waals surface area (Å²) in [5.41, 5.74) is 2.06. The standard InChI is InChI=1S/C14H11N3O2/c15-9-12-7-11(3-4-16-12)17-10-1-2-13-14(8-10)19-6-5-18-13/h1-4,7-8H,5-6H2,(H,16,17). The van der Waals surface area contributed by atoms with Gasteiger partial charge in [-0.15, -0.1) is 0 Å². The van der Waals surface area contributed by atoms with Crippen LogP contribution in [0.5, 0.6) is 11.5 Å². The summed E-state index contributed by atoms with van der Waals surface area (Å²) in [5, 5.41) is 12.0. The van der Waals surface area contributed by atoms with E-state index in [9.17, 15) is 0 Å². The van der Waals surface area contributed by atoms with Crippen molar-refractivity contribution in [2.75, 3.05) is 18.5 Å². The molecule has 3 rings (SSSR count). The molecule has 1 N–H and O–H groups in total. The minimum Gasteiger partial charge on any atom is -0.486 e. The molecular weight excluding hydrogens is 242 g/mol. The van der Waals surface area contributed by atoms with Crippen LogP contribution in [0.3, 0.4) is 0 Å². The predicted molar refractivity (Wildman–Crippen MR) is 69.7 cm³/mol. The number of aromatic nitrogens is 1. The highest BCUT2D eigenvalue weighted by atomic mass is 16.6. The van der Waals surface area contributed by atoms with Gasteiger partial charge in [-0.25, -0.2) is 4.98 Å². The Balaban J connectivity index is 1.85. The molecule has 1 aromatic heterocycles. The van der Waals surface area contributed by atoms with E-state index in [1.54, 1.807) is 18.3 Å². The SMILES string of the molecule is N#Cc1cc(Nc2ccc3c(c2)OCCO3)ccn1. The number of ether oxygens (including phenoxy) is 2. The van der Waals surface area contributed by atoms with Crippen LogP contribution < -0.4 is 14.8 Å². The van der Waals surface area contributed by atoms with Gasteiger partial charge in [0.25, 0.3) is 0 Å². The number of hydrogen-bond donors (Lipinski definition) is 1. The van der Waals surface area contributed by atoms with Gasteiger partial charge in [-0.2, -0.15) is 5.26 Å². The molecule has 0 amide bonds. The first kappa shape index (κ1) is 11.4. The first-order valence-electron chi connectivity index (χ1n) is 5.88. The summed E-state index contributed by atoms with van der Waals surface area (Å²) < 4.78 is 11.0. The Kier molecular flexibility index (Phi) is 2.91. The zero-order chi connectivity index (χ0) is 13.1. The number of hydrogen-bond acceptors (Lipinski definition) is 5. The highest BCUT2D eigenvalue weighted by molar-refractivity contribution is 5.64.